The summed E-state index contributed by atoms with van der Waals surface area (Å²) in [6.07, 6.45) is 2.43. The minimum Gasteiger partial charge on any atom is -0.385 e. The molecule has 0 aliphatic carbocycles. The van der Waals surface area contributed by atoms with E-state index in [2.05, 4.69) is 14.7 Å². The quantitative estimate of drug-likeness (QED) is 0.650. The van der Waals surface area contributed by atoms with Crippen LogP contribution in [0.2, 0.25) is 0 Å². The van der Waals surface area contributed by atoms with Crippen molar-refractivity contribution in [3.63, 3.8) is 0 Å². The molecule has 0 atom stereocenters. The number of hydrogen-bond acceptors (Lipinski definition) is 7. The number of nitro benzene ring substituents is 1. The van der Waals surface area contributed by atoms with E-state index in [1.54, 1.807) is 12.1 Å². The number of non-ortho nitro benzene ring substituents is 1. The van der Waals surface area contributed by atoms with E-state index >= 15 is 0 Å². The van der Waals surface area contributed by atoms with Crippen molar-refractivity contribution >= 4 is 34.7 Å². The molecule has 0 unspecified atom stereocenters. The van der Waals surface area contributed by atoms with Crippen LogP contribution in [-0.4, -0.2) is 20.8 Å². The molecule has 0 radical (unpaired) electrons. The number of nitrogens with zero attached hydrogens (tertiary/aromatic N) is 3. The van der Waals surface area contributed by atoms with Gasteiger partial charge in [0.1, 0.15) is 6.33 Å². The number of benzene rings is 1. The first-order valence-electron chi connectivity index (χ1n) is 5.67. The molecule has 100 valence electrons. The Morgan fingerprint density at radius 3 is 2.95 bits per heavy atom. The molecule has 1 aromatic heterocycles. The molecule has 0 bridgehead atoms. The highest BCUT2D eigenvalue weighted by Gasteiger charge is 2.11. The Hall–Kier alpha value is -1.67. The molecule has 19 heavy (non-hydrogen) atoms. The molecule has 0 aliphatic rings. The third-order valence-electron chi connectivity index (χ3n) is 2.23. The van der Waals surface area contributed by atoms with Crippen LogP contribution in [0.1, 0.15) is 13.3 Å². The number of nitrogens with one attached hydrogen (secondary N) is 1. The van der Waals surface area contributed by atoms with E-state index in [1.807, 2.05) is 13.0 Å². The van der Waals surface area contributed by atoms with Crippen LogP contribution in [0.15, 0.2) is 33.8 Å². The standard InChI is InChI=1S/C11H12N4O2S2/c1-2-3-12-8-4-9(15(16)17)6-10(5-8)18-11-13-7-14-19-11/h4-7,12H,2-3H2,1H3. The highest BCUT2D eigenvalue weighted by molar-refractivity contribution is 8.01. The lowest BCUT2D eigenvalue weighted by atomic mass is 10.2. The Morgan fingerprint density at radius 2 is 2.32 bits per heavy atom. The average molecular weight is 296 g/mol. The highest BCUT2D eigenvalue weighted by Crippen LogP contribution is 2.33. The van der Waals surface area contributed by atoms with Crippen LogP contribution in [0.25, 0.3) is 0 Å². The predicted molar refractivity (Wildman–Crippen MR) is 75.9 cm³/mol. The van der Waals surface area contributed by atoms with Crippen molar-refractivity contribution in [3.05, 3.63) is 34.6 Å². The lowest BCUT2D eigenvalue weighted by Crippen LogP contribution is -2.00. The number of hydrogen-bond donors (Lipinski definition) is 1. The Balaban J connectivity index is 2.25. The van der Waals surface area contributed by atoms with Gasteiger partial charge in [-0.25, -0.2) is 4.98 Å². The van der Waals surface area contributed by atoms with Gasteiger partial charge >= 0.3 is 0 Å². The zero-order valence-corrected chi connectivity index (χ0v) is 11.8. The van der Waals surface area contributed by atoms with E-state index in [1.165, 1.54) is 29.6 Å². The second kappa shape index (κ2) is 6.48. The molecule has 8 heteroatoms. The van der Waals surface area contributed by atoms with Crippen molar-refractivity contribution < 1.29 is 4.92 Å². The Bertz CT molecular complexity index is 560. The van der Waals surface area contributed by atoms with Crippen molar-refractivity contribution in [3.8, 4) is 0 Å². The largest absolute Gasteiger partial charge is 0.385 e. The molecule has 1 N–H and O–H groups in total. The molecule has 0 amide bonds. The summed E-state index contributed by atoms with van der Waals surface area (Å²) in [4.78, 5) is 15.4. The second-order valence-electron chi connectivity index (χ2n) is 3.71. The number of rotatable bonds is 6. The molecule has 2 aromatic rings. The first-order chi connectivity index (χ1) is 9.19. The van der Waals surface area contributed by atoms with E-state index in [9.17, 15) is 10.1 Å². The van der Waals surface area contributed by atoms with E-state index in [0.29, 0.717) is 0 Å². The predicted octanol–water partition coefficient (Wildman–Crippen LogP) is 3.42. The Kier molecular flexibility index (Phi) is 4.69. The van der Waals surface area contributed by atoms with Gasteiger partial charge in [-0.2, -0.15) is 4.37 Å². The monoisotopic (exact) mass is 296 g/mol. The third kappa shape index (κ3) is 3.90. The van der Waals surface area contributed by atoms with Gasteiger partial charge in [-0.3, -0.25) is 10.1 Å². The van der Waals surface area contributed by atoms with Gasteiger partial charge in [-0.1, -0.05) is 18.7 Å². The van der Waals surface area contributed by atoms with Crippen molar-refractivity contribution in [2.24, 2.45) is 0 Å². The molecular weight excluding hydrogens is 284 g/mol. The van der Waals surface area contributed by atoms with E-state index in [4.69, 9.17) is 0 Å². The van der Waals surface area contributed by atoms with Gasteiger partial charge in [0.05, 0.1) is 4.92 Å². The van der Waals surface area contributed by atoms with Gasteiger partial charge in [0.15, 0.2) is 4.34 Å². The summed E-state index contributed by atoms with van der Waals surface area (Å²) < 4.78 is 4.67. The van der Waals surface area contributed by atoms with Gasteiger partial charge in [-0.15, -0.1) is 0 Å². The van der Waals surface area contributed by atoms with Crippen LogP contribution >= 0.6 is 23.3 Å². The van der Waals surface area contributed by atoms with Crippen LogP contribution in [-0.2, 0) is 0 Å². The number of anilines is 1. The first-order valence-corrected chi connectivity index (χ1v) is 7.26. The molecule has 0 fully saturated rings. The summed E-state index contributed by atoms with van der Waals surface area (Å²) in [7, 11) is 0. The maximum Gasteiger partial charge on any atom is 0.272 e. The molecular formula is C11H12N4O2S2. The molecule has 1 aromatic carbocycles. The fourth-order valence-electron chi connectivity index (χ4n) is 1.43. The van der Waals surface area contributed by atoms with Crippen molar-refractivity contribution in [2.45, 2.75) is 22.6 Å². The summed E-state index contributed by atoms with van der Waals surface area (Å²) >= 11 is 2.64. The van der Waals surface area contributed by atoms with Crippen LogP contribution in [0.5, 0.6) is 0 Å². The molecule has 0 aliphatic heterocycles. The smallest absolute Gasteiger partial charge is 0.272 e. The summed E-state index contributed by atoms with van der Waals surface area (Å²) in [6, 6.07) is 4.97. The van der Waals surface area contributed by atoms with Gasteiger partial charge in [0.25, 0.3) is 5.69 Å². The summed E-state index contributed by atoms with van der Waals surface area (Å²) in [5.41, 5.74) is 0.830. The third-order valence-corrected chi connectivity index (χ3v) is 3.91. The molecule has 1 heterocycles. The second-order valence-corrected chi connectivity index (χ2v) is 5.81. The number of aromatic nitrogens is 2. The minimum absolute atomic E-state index is 0.0770. The molecule has 0 spiro atoms. The topological polar surface area (TPSA) is 81.0 Å². The van der Waals surface area contributed by atoms with Gasteiger partial charge < -0.3 is 5.32 Å². The first kappa shape index (κ1) is 13.8. The van der Waals surface area contributed by atoms with E-state index in [-0.39, 0.29) is 10.6 Å². The van der Waals surface area contributed by atoms with E-state index < -0.39 is 0 Å². The molecule has 6 nitrogen and oxygen atoms in total. The fourth-order valence-corrected chi connectivity index (χ4v) is 2.94. The van der Waals surface area contributed by atoms with Gasteiger partial charge in [0.2, 0.25) is 0 Å². The zero-order chi connectivity index (χ0) is 13.7. The lowest BCUT2D eigenvalue weighted by Gasteiger charge is -2.06. The summed E-state index contributed by atoms with van der Waals surface area (Å²) in [5.74, 6) is 0. The minimum atomic E-state index is -0.388. The van der Waals surface area contributed by atoms with Crippen LogP contribution in [0.3, 0.4) is 0 Å². The maximum atomic E-state index is 10.9. The molecule has 2 rings (SSSR count). The summed E-state index contributed by atoms with van der Waals surface area (Å²) in [5, 5.41) is 14.1. The SMILES string of the molecule is CCCNc1cc(Sc2ncns2)cc([N+](=O)[O-])c1. The van der Waals surface area contributed by atoms with Crippen LogP contribution in [0, 0.1) is 10.1 Å². The fraction of sp³-hybridized carbons (Fsp3) is 0.273. The highest BCUT2D eigenvalue weighted by atomic mass is 32.2. The maximum absolute atomic E-state index is 10.9. The van der Waals surface area contributed by atoms with Crippen LogP contribution in [0.4, 0.5) is 11.4 Å². The summed E-state index contributed by atoms with van der Waals surface area (Å²) in [6.45, 7) is 2.82. The molecule has 0 saturated carbocycles. The van der Waals surface area contributed by atoms with Crippen molar-refractivity contribution in [1.82, 2.24) is 9.36 Å². The lowest BCUT2D eigenvalue weighted by molar-refractivity contribution is -0.385. The molecule has 0 saturated heterocycles. The number of nitro groups is 1. The van der Waals surface area contributed by atoms with Crippen LogP contribution < -0.4 is 5.32 Å². The Labute approximate surface area is 118 Å². The van der Waals surface area contributed by atoms with Crippen molar-refractivity contribution in [2.75, 3.05) is 11.9 Å². The van der Waals surface area contributed by atoms with Crippen molar-refractivity contribution in [1.29, 1.82) is 0 Å². The van der Waals surface area contributed by atoms with Gasteiger partial charge in [-0.05, 0) is 24.0 Å². The average Bonchev–Trinajstić information content (AvgIpc) is 2.89. The van der Waals surface area contributed by atoms with E-state index in [0.717, 1.165) is 27.9 Å². The van der Waals surface area contributed by atoms with Gasteiger partial charge in [0, 0.05) is 29.3 Å². The zero-order valence-electron chi connectivity index (χ0n) is 10.2. The Morgan fingerprint density at radius 1 is 1.47 bits per heavy atom. The normalized spacial score (nSPS) is 10.4.